The van der Waals surface area contributed by atoms with Gasteiger partial charge in [0.25, 0.3) is 5.91 Å². The number of cyclic esters (lactones) is 1. The van der Waals surface area contributed by atoms with Crippen molar-refractivity contribution < 1.29 is 23.9 Å². The Balaban J connectivity index is 1.75. The van der Waals surface area contributed by atoms with E-state index in [0.29, 0.717) is 18.5 Å². The van der Waals surface area contributed by atoms with Gasteiger partial charge in [-0.1, -0.05) is 43.0 Å². The van der Waals surface area contributed by atoms with Gasteiger partial charge in [-0.15, -0.1) is 0 Å². The molecular formula is C21H23BN2O5. The van der Waals surface area contributed by atoms with Gasteiger partial charge in [0, 0.05) is 6.08 Å². The Hall–Kier alpha value is -2.87. The van der Waals surface area contributed by atoms with E-state index in [4.69, 9.17) is 17.3 Å². The zero-order chi connectivity index (χ0) is 21.2. The van der Waals surface area contributed by atoms with E-state index in [0.717, 1.165) is 10.5 Å². The highest BCUT2D eigenvalue weighted by molar-refractivity contribution is 6.57. The van der Waals surface area contributed by atoms with Crippen LogP contribution >= 0.6 is 0 Å². The Morgan fingerprint density at radius 3 is 2.59 bits per heavy atom. The summed E-state index contributed by atoms with van der Waals surface area (Å²) < 4.78 is 10.9. The average molecular weight is 394 g/mol. The van der Waals surface area contributed by atoms with Crippen LogP contribution in [0.3, 0.4) is 0 Å². The lowest BCUT2D eigenvalue weighted by molar-refractivity contribution is -0.121. The smallest absolute Gasteiger partial charge is 0.421 e. The molecular weight excluding hydrogens is 371 g/mol. The summed E-state index contributed by atoms with van der Waals surface area (Å²) in [6.07, 6.45) is 2.76. The van der Waals surface area contributed by atoms with Crippen LogP contribution in [0.5, 0.6) is 0 Å². The third-order valence-electron chi connectivity index (χ3n) is 5.02. The van der Waals surface area contributed by atoms with E-state index in [1.807, 2.05) is 30.3 Å². The molecule has 8 heteroatoms. The van der Waals surface area contributed by atoms with Crippen LogP contribution in [0.2, 0.25) is 0 Å². The Kier molecular flexibility index (Phi) is 5.93. The molecule has 150 valence electrons. The number of carbonyl (C=O) groups is 3. The first kappa shape index (κ1) is 20.9. The van der Waals surface area contributed by atoms with Gasteiger partial charge in [0.15, 0.2) is 5.81 Å². The quantitative estimate of drug-likeness (QED) is 0.567. The monoisotopic (exact) mass is 394 g/mol. The largest absolute Gasteiger partial charge is 0.442 e. The molecule has 2 unspecified atom stereocenters. The van der Waals surface area contributed by atoms with E-state index in [1.165, 1.54) is 6.08 Å². The summed E-state index contributed by atoms with van der Waals surface area (Å²) in [5.74, 6) is -1.09. The number of hydrogen-bond acceptors (Lipinski definition) is 5. The van der Waals surface area contributed by atoms with Gasteiger partial charge in [-0.05, 0) is 32.3 Å². The molecule has 1 aromatic rings. The van der Waals surface area contributed by atoms with E-state index >= 15 is 0 Å². The molecule has 2 radical (unpaired) electrons. The van der Waals surface area contributed by atoms with Gasteiger partial charge in [-0.2, -0.15) is 0 Å². The molecule has 2 fully saturated rings. The molecule has 29 heavy (non-hydrogen) atoms. The first-order valence-corrected chi connectivity index (χ1v) is 9.36. The van der Waals surface area contributed by atoms with E-state index in [-0.39, 0.29) is 18.8 Å². The molecule has 1 aromatic carbocycles. The summed E-state index contributed by atoms with van der Waals surface area (Å²) in [4.78, 5) is 38.4. The van der Waals surface area contributed by atoms with E-state index in [2.05, 4.69) is 6.58 Å². The van der Waals surface area contributed by atoms with Crippen molar-refractivity contribution in [3.63, 3.8) is 0 Å². The fourth-order valence-electron chi connectivity index (χ4n) is 3.81. The normalized spacial score (nSPS) is 23.7. The zero-order valence-electron chi connectivity index (χ0n) is 16.5. The molecule has 2 aliphatic heterocycles. The highest BCUT2D eigenvalue weighted by Gasteiger charge is 2.47. The van der Waals surface area contributed by atoms with Crippen molar-refractivity contribution in [3.8, 4) is 0 Å². The Morgan fingerprint density at radius 2 is 2.00 bits per heavy atom. The first-order valence-electron chi connectivity index (χ1n) is 9.36. The molecule has 0 aromatic heterocycles. The van der Waals surface area contributed by atoms with Gasteiger partial charge < -0.3 is 14.4 Å². The van der Waals surface area contributed by atoms with Crippen molar-refractivity contribution in [2.45, 2.75) is 44.6 Å². The first-order chi connectivity index (χ1) is 13.7. The van der Waals surface area contributed by atoms with Gasteiger partial charge in [-0.3, -0.25) is 9.59 Å². The molecule has 0 N–H and O–H groups in total. The molecule has 0 saturated carbocycles. The lowest BCUT2D eigenvalue weighted by atomic mass is 9.95. The van der Waals surface area contributed by atoms with Crippen LogP contribution in [0.4, 0.5) is 9.59 Å². The molecule has 3 amide bonds. The highest BCUT2D eigenvalue weighted by Crippen LogP contribution is 2.35. The molecule has 0 aliphatic carbocycles. The molecule has 3 rings (SSSR count). The molecule has 0 spiro atoms. The topological polar surface area (TPSA) is 76.2 Å². The summed E-state index contributed by atoms with van der Waals surface area (Å²) in [5, 5.41) is 0. The Bertz CT molecular complexity index is 836. The molecule has 0 bridgehead atoms. The van der Waals surface area contributed by atoms with Gasteiger partial charge in [0.1, 0.15) is 12.3 Å². The summed E-state index contributed by atoms with van der Waals surface area (Å²) >= 11 is 0. The fraction of sp³-hybridized carbons (Fsp3) is 0.381. The maximum atomic E-state index is 12.3. The van der Waals surface area contributed by atoms with Crippen molar-refractivity contribution in [1.29, 1.82) is 0 Å². The van der Waals surface area contributed by atoms with Crippen molar-refractivity contribution in [2.75, 3.05) is 6.61 Å². The maximum Gasteiger partial charge on any atom is 0.421 e. The van der Waals surface area contributed by atoms with Crippen LogP contribution in [0, 0.1) is 0 Å². The molecule has 2 atom stereocenters. The Morgan fingerprint density at radius 1 is 1.31 bits per heavy atom. The summed E-state index contributed by atoms with van der Waals surface area (Å²) in [6, 6.07) is 9.45. The summed E-state index contributed by atoms with van der Waals surface area (Å²) in [6.45, 7) is 7.22. The minimum Gasteiger partial charge on any atom is -0.442 e. The molecule has 2 aliphatic rings. The SMILES string of the molecule is [B]C(=O)N1C(Cc2ccccc2)C(C/C=C/C(=O)N2C(=C)COC2=O)OC1(C)C. The third kappa shape index (κ3) is 4.43. The van der Waals surface area contributed by atoms with Crippen LogP contribution in [-0.2, 0) is 20.7 Å². The number of carbonyl (C=O) groups excluding carboxylic acids is 3. The van der Waals surface area contributed by atoms with Crippen molar-refractivity contribution >= 4 is 25.7 Å². The molecule has 2 saturated heterocycles. The second-order valence-corrected chi connectivity index (χ2v) is 7.50. The summed E-state index contributed by atoms with van der Waals surface area (Å²) in [7, 11) is 5.64. The second-order valence-electron chi connectivity index (χ2n) is 7.50. The lowest BCUT2D eigenvalue weighted by Gasteiger charge is -2.33. The predicted molar refractivity (Wildman–Crippen MR) is 107 cm³/mol. The van der Waals surface area contributed by atoms with Gasteiger partial charge >= 0.3 is 6.09 Å². The standard InChI is InChI=1S/C21H23BN2O5/c1-14-13-28-20(27)23(14)18(25)11-7-10-17-16(12-15-8-5-4-6-9-15)24(19(22)26)21(2,3)29-17/h4-9,11,16-17H,1,10,12-13H2,2-3H3/b11-7+. The van der Waals surface area contributed by atoms with Gasteiger partial charge in [-0.25, -0.2) is 9.69 Å². The minimum absolute atomic E-state index is 0.00502. The molecule has 2 heterocycles. The lowest BCUT2D eigenvalue weighted by Crippen LogP contribution is -2.48. The van der Waals surface area contributed by atoms with E-state index in [9.17, 15) is 14.4 Å². The average Bonchev–Trinajstić information content (AvgIpc) is 3.11. The van der Waals surface area contributed by atoms with E-state index in [1.54, 1.807) is 24.8 Å². The van der Waals surface area contributed by atoms with Crippen LogP contribution in [0.15, 0.2) is 54.8 Å². The number of rotatable bonds is 5. The number of nitrogens with zero attached hydrogens (tertiary/aromatic N) is 2. The van der Waals surface area contributed by atoms with Crippen LogP contribution in [0.1, 0.15) is 25.8 Å². The van der Waals surface area contributed by atoms with Crippen molar-refractivity contribution in [2.24, 2.45) is 0 Å². The van der Waals surface area contributed by atoms with Gasteiger partial charge in [0.05, 0.1) is 17.8 Å². The second kappa shape index (κ2) is 8.25. The van der Waals surface area contributed by atoms with Gasteiger partial charge in [0.2, 0.25) is 7.85 Å². The number of imide groups is 1. The van der Waals surface area contributed by atoms with Crippen LogP contribution in [-0.4, -0.2) is 59.9 Å². The molecule has 7 nitrogen and oxygen atoms in total. The van der Waals surface area contributed by atoms with Crippen LogP contribution in [0.25, 0.3) is 0 Å². The Labute approximate surface area is 171 Å². The van der Waals surface area contributed by atoms with Crippen molar-refractivity contribution in [3.05, 3.63) is 60.3 Å². The predicted octanol–water partition coefficient (Wildman–Crippen LogP) is 2.76. The zero-order valence-corrected chi connectivity index (χ0v) is 16.5. The minimum atomic E-state index is -0.874. The number of amides is 3. The summed E-state index contributed by atoms with van der Waals surface area (Å²) in [5.41, 5.74) is 0.469. The van der Waals surface area contributed by atoms with Crippen LogP contribution < -0.4 is 0 Å². The number of ether oxygens (including phenoxy) is 2. The number of hydrogen-bond donors (Lipinski definition) is 0. The third-order valence-corrected chi connectivity index (χ3v) is 5.02. The fourth-order valence-corrected chi connectivity index (χ4v) is 3.81. The van der Waals surface area contributed by atoms with Crippen molar-refractivity contribution in [1.82, 2.24) is 9.80 Å². The number of benzene rings is 1. The van der Waals surface area contributed by atoms with E-state index < -0.39 is 23.5 Å². The highest BCUT2D eigenvalue weighted by atomic mass is 16.6. The maximum absolute atomic E-state index is 12.3.